The number of nitrogens with zero attached hydrogens (tertiary/aromatic N) is 4. The molecule has 2 heterocycles. The van der Waals surface area contributed by atoms with E-state index >= 15 is 0 Å². The third kappa shape index (κ3) is 1.52. The first-order valence-corrected chi connectivity index (χ1v) is 4.42. The van der Waals surface area contributed by atoms with Crippen molar-refractivity contribution in [3.63, 3.8) is 0 Å². The van der Waals surface area contributed by atoms with Crippen LogP contribution in [-0.2, 0) is 0 Å². The van der Waals surface area contributed by atoms with Crippen molar-refractivity contribution in [2.45, 2.75) is 0 Å². The Bertz CT molecular complexity index is 367. The molecule has 0 aromatic carbocycles. The van der Waals surface area contributed by atoms with Crippen molar-refractivity contribution < 1.29 is 5.11 Å². The minimum Gasteiger partial charge on any atom is -0.396 e. The summed E-state index contributed by atoms with van der Waals surface area (Å²) in [7, 11) is 0. The molecule has 1 aliphatic rings. The zero-order chi connectivity index (χ0) is 9.97. The van der Waals surface area contributed by atoms with Crippen molar-refractivity contribution in [2.24, 2.45) is 5.92 Å². The lowest BCUT2D eigenvalue weighted by molar-refractivity contribution is 0.199. The summed E-state index contributed by atoms with van der Waals surface area (Å²) >= 11 is 0. The van der Waals surface area contributed by atoms with Gasteiger partial charge in [0, 0.05) is 31.8 Å². The highest BCUT2D eigenvalue weighted by molar-refractivity contribution is 5.36. The van der Waals surface area contributed by atoms with E-state index in [0.717, 1.165) is 13.1 Å². The van der Waals surface area contributed by atoms with Crippen LogP contribution in [-0.4, -0.2) is 34.8 Å². The van der Waals surface area contributed by atoms with Gasteiger partial charge in [-0.3, -0.25) is 0 Å². The van der Waals surface area contributed by atoms with E-state index in [-0.39, 0.29) is 6.61 Å². The fourth-order valence-electron chi connectivity index (χ4n) is 1.41. The van der Waals surface area contributed by atoms with Crippen molar-refractivity contribution in [2.75, 3.05) is 24.6 Å². The number of aromatic nitrogens is 2. The predicted octanol–water partition coefficient (Wildman–Crippen LogP) is -0.223. The number of anilines is 1. The maximum Gasteiger partial charge on any atom is 0.226 e. The lowest BCUT2D eigenvalue weighted by atomic mass is 10.0. The zero-order valence-corrected chi connectivity index (χ0v) is 7.59. The average Bonchev–Trinajstić information content (AvgIpc) is 2.17. The summed E-state index contributed by atoms with van der Waals surface area (Å²) in [4.78, 5) is 10.1. The standard InChI is InChI=1S/C9H10N4O/c10-3-8-1-2-11-9(12-8)13-4-7(5-13)6-14/h1-2,7,14H,4-6H2. The van der Waals surface area contributed by atoms with E-state index in [1.54, 1.807) is 12.3 Å². The first kappa shape index (κ1) is 8.91. The van der Waals surface area contributed by atoms with Gasteiger partial charge in [-0.05, 0) is 6.07 Å². The maximum atomic E-state index is 8.83. The van der Waals surface area contributed by atoms with Gasteiger partial charge in [0.05, 0.1) is 0 Å². The molecular weight excluding hydrogens is 180 g/mol. The molecule has 5 nitrogen and oxygen atoms in total. The van der Waals surface area contributed by atoms with E-state index in [1.807, 2.05) is 11.0 Å². The Morgan fingerprint density at radius 1 is 1.64 bits per heavy atom. The SMILES string of the molecule is N#Cc1ccnc(N2CC(CO)C2)n1. The maximum absolute atomic E-state index is 8.83. The summed E-state index contributed by atoms with van der Waals surface area (Å²) in [6, 6.07) is 3.54. The molecular formula is C9H10N4O. The van der Waals surface area contributed by atoms with Crippen LogP contribution < -0.4 is 4.90 Å². The van der Waals surface area contributed by atoms with Crippen molar-refractivity contribution in [1.29, 1.82) is 5.26 Å². The number of rotatable bonds is 2. The quantitative estimate of drug-likeness (QED) is 0.697. The average molecular weight is 190 g/mol. The summed E-state index contributed by atoms with van der Waals surface area (Å²) in [5.41, 5.74) is 0.377. The van der Waals surface area contributed by atoms with Gasteiger partial charge < -0.3 is 10.0 Å². The number of nitriles is 1. The first-order chi connectivity index (χ1) is 6.83. The molecule has 5 heteroatoms. The van der Waals surface area contributed by atoms with E-state index in [9.17, 15) is 0 Å². The van der Waals surface area contributed by atoms with Crippen molar-refractivity contribution in [1.82, 2.24) is 9.97 Å². The van der Waals surface area contributed by atoms with Crippen LogP contribution in [0.4, 0.5) is 5.95 Å². The molecule has 0 bridgehead atoms. The van der Waals surface area contributed by atoms with Crippen LogP contribution in [0.2, 0.25) is 0 Å². The van der Waals surface area contributed by atoms with E-state index < -0.39 is 0 Å². The van der Waals surface area contributed by atoms with Crippen LogP contribution in [0.25, 0.3) is 0 Å². The molecule has 0 aliphatic carbocycles. The highest BCUT2D eigenvalue weighted by atomic mass is 16.3. The smallest absolute Gasteiger partial charge is 0.226 e. The van der Waals surface area contributed by atoms with Crippen LogP contribution in [0.1, 0.15) is 5.69 Å². The molecule has 14 heavy (non-hydrogen) atoms. The van der Waals surface area contributed by atoms with Gasteiger partial charge in [0.1, 0.15) is 11.8 Å². The highest BCUT2D eigenvalue weighted by Crippen LogP contribution is 2.19. The Labute approximate surface area is 81.6 Å². The minimum absolute atomic E-state index is 0.203. The Morgan fingerprint density at radius 3 is 3.07 bits per heavy atom. The van der Waals surface area contributed by atoms with E-state index in [4.69, 9.17) is 10.4 Å². The zero-order valence-electron chi connectivity index (χ0n) is 7.59. The topological polar surface area (TPSA) is 73.0 Å². The van der Waals surface area contributed by atoms with Crippen LogP contribution in [0.15, 0.2) is 12.3 Å². The third-order valence-electron chi connectivity index (χ3n) is 2.26. The summed E-state index contributed by atoms with van der Waals surface area (Å²) in [5.74, 6) is 0.901. The summed E-state index contributed by atoms with van der Waals surface area (Å²) < 4.78 is 0. The number of hydrogen-bond donors (Lipinski definition) is 1. The summed E-state index contributed by atoms with van der Waals surface area (Å²) in [5, 5.41) is 17.5. The third-order valence-corrected chi connectivity index (χ3v) is 2.26. The Hall–Kier alpha value is -1.67. The van der Waals surface area contributed by atoms with Gasteiger partial charge in [-0.1, -0.05) is 0 Å². The molecule has 72 valence electrons. The number of aliphatic hydroxyl groups excluding tert-OH is 1. The van der Waals surface area contributed by atoms with Gasteiger partial charge in [-0.25, -0.2) is 9.97 Å². The fourth-order valence-corrected chi connectivity index (χ4v) is 1.41. The van der Waals surface area contributed by atoms with Crippen molar-refractivity contribution in [3.8, 4) is 6.07 Å². The van der Waals surface area contributed by atoms with Gasteiger partial charge >= 0.3 is 0 Å². The normalized spacial score (nSPS) is 16.1. The van der Waals surface area contributed by atoms with Gasteiger partial charge in [0.2, 0.25) is 5.95 Å². The van der Waals surface area contributed by atoms with E-state index in [1.165, 1.54) is 0 Å². The second-order valence-corrected chi connectivity index (χ2v) is 3.31. The first-order valence-electron chi connectivity index (χ1n) is 4.42. The van der Waals surface area contributed by atoms with Crippen LogP contribution in [0.5, 0.6) is 0 Å². The molecule has 1 aromatic heterocycles. The molecule has 1 N–H and O–H groups in total. The lowest BCUT2D eigenvalue weighted by Gasteiger charge is -2.38. The van der Waals surface area contributed by atoms with E-state index in [0.29, 0.717) is 17.6 Å². The molecule has 0 amide bonds. The summed E-state index contributed by atoms with van der Waals surface area (Å²) in [6.07, 6.45) is 1.58. The van der Waals surface area contributed by atoms with Crippen LogP contribution in [0.3, 0.4) is 0 Å². The molecule has 1 fully saturated rings. The van der Waals surface area contributed by atoms with Gasteiger partial charge in [0.15, 0.2) is 0 Å². The molecule has 1 saturated heterocycles. The largest absolute Gasteiger partial charge is 0.396 e. The molecule has 0 saturated carbocycles. The number of aliphatic hydroxyl groups is 1. The molecule has 1 aliphatic heterocycles. The predicted molar refractivity (Wildman–Crippen MR) is 49.5 cm³/mol. The molecule has 0 radical (unpaired) electrons. The second-order valence-electron chi connectivity index (χ2n) is 3.31. The molecule has 0 atom stereocenters. The second kappa shape index (κ2) is 3.60. The Kier molecular flexibility index (Phi) is 2.29. The monoisotopic (exact) mass is 190 g/mol. The summed E-state index contributed by atoms with van der Waals surface area (Å²) in [6.45, 7) is 1.74. The molecule has 2 rings (SSSR count). The lowest BCUT2D eigenvalue weighted by Crippen LogP contribution is -2.49. The van der Waals surface area contributed by atoms with Gasteiger partial charge in [0.25, 0.3) is 0 Å². The minimum atomic E-state index is 0.203. The fraction of sp³-hybridized carbons (Fsp3) is 0.444. The van der Waals surface area contributed by atoms with Crippen LogP contribution >= 0.6 is 0 Å². The highest BCUT2D eigenvalue weighted by Gasteiger charge is 2.27. The molecule has 0 spiro atoms. The van der Waals surface area contributed by atoms with Gasteiger partial charge in [-0.15, -0.1) is 0 Å². The van der Waals surface area contributed by atoms with Crippen LogP contribution in [0, 0.1) is 17.2 Å². The van der Waals surface area contributed by atoms with Crippen molar-refractivity contribution >= 4 is 5.95 Å². The Balaban J connectivity index is 2.08. The Morgan fingerprint density at radius 2 is 2.43 bits per heavy atom. The molecule has 1 aromatic rings. The van der Waals surface area contributed by atoms with Gasteiger partial charge in [-0.2, -0.15) is 5.26 Å². The van der Waals surface area contributed by atoms with Crippen molar-refractivity contribution in [3.05, 3.63) is 18.0 Å². The molecule has 0 unspecified atom stereocenters. The number of hydrogen-bond acceptors (Lipinski definition) is 5. The van der Waals surface area contributed by atoms with E-state index in [2.05, 4.69) is 9.97 Å².